The number of piperidine rings is 1. The number of nitrogens with zero attached hydrogens (tertiary/aromatic N) is 3. The highest BCUT2D eigenvalue weighted by molar-refractivity contribution is 5.67. The van der Waals surface area contributed by atoms with Gasteiger partial charge in [-0.2, -0.15) is 0 Å². The zero-order valence-corrected chi connectivity index (χ0v) is 20.5. The molecular weight excluding hydrogens is 454 g/mol. The van der Waals surface area contributed by atoms with Crippen molar-refractivity contribution in [3.8, 4) is 5.75 Å². The standard InChI is InChI=1S/C26H34F2N4O3/c1-16(2)34-26(33)31-10-8-18(9-11-31)17(3)35-20-5-7-25(30-13-20)32-14-22(24(29)15-32)21-12-19(27)4-6-23(21)28/h4-7,12-13,16-18,22,24H,8-11,14-15,29H2,1-3H3/t17-,22-,24+/m1/s1. The predicted molar refractivity (Wildman–Crippen MR) is 130 cm³/mol. The van der Waals surface area contributed by atoms with Crippen molar-refractivity contribution >= 4 is 11.9 Å². The van der Waals surface area contributed by atoms with E-state index in [0.717, 1.165) is 30.8 Å². The Labute approximate surface area is 205 Å². The zero-order chi connectivity index (χ0) is 25.1. The first-order chi connectivity index (χ1) is 16.7. The monoisotopic (exact) mass is 488 g/mol. The summed E-state index contributed by atoms with van der Waals surface area (Å²) in [6.07, 6.45) is 2.99. The first kappa shape index (κ1) is 25.2. The first-order valence-corrected chi connectivity index (χ1v) is 12.2. The number of pyridine rings is 1. The Bertz CT molecular complexity index is 1010. The topological polar surface area (TPSA) is 80.9 Å². The first-order valence-electron chi connectivity index (χ1n) is 12.2. The number of likely N-dealkylation sites (tertiary alicyclic amines) is 1. The summed E-state index contributed by atoms with van der Waals surface area (Å²) in [5.74, 6) is 0.489. The van der Waals surface area contributed by atoms with Gasteiger partial charge in [-0.25, -0.2) is 18.6 Å². The number of nitrogens with two attached hydrogens (primary N) is 1. The van der Waals surface area contributed by atoms with E-state index in [0.29, 0.717) is 43.4 Å². The van der Waals surface area contributed by atoms with Crippen molar-refractivity contribution in [2.75, 3.05) is 31.1 Å². The van der Waals surface area contributed by atoms with Crippen molar-refractivity contribution in [2.45, 2.75) is 57.8 Å². The summed E-state index contributed by atoms with van der Waals surface area (Å²) in [6.45, 7) is 8.01. The molecule has 190 valence electrons. The van der Waals surface area contributed by atoms with Crippen LogP contribution in [0.1, 0.15) is 45.1 Å². The van der Waals surface area contributed by atoms with E-state index in [1.165, 1.54) is 6.07 Å². The van der Waals surface area contributed by atoms with Crippen molar-refractivity contribution in [3.05, 3.63) is 53.7 Å². The number of anilines is 1. The number of amides is 1. The summed E-state index contributed by atoms with van der Waals surface area (Å²) < 4.78 is 39.3. The molecule has 0 aliphatic carbocycles. The summed E-state index contributed by atoms with van der Waals surface area (Å²) >= 11 is 0. The van der Waals surface area contributed by atoms with Crippen LogP contribution in [-0.2, 0) is 4.74 Å². The van der Waals surface area contributed by atoms with Crippen LogP contribution in [0.15, 0.2) is 36.5 Å². The van der Waals surface area contributed by atoms with Crippen LogP contribution in [0.5, 0.6) is 5.75 Å². The lowest BCUT2D eigenvalue weighted by Gasteiger charge is -2.34. The molecule has 0 bridgehead atoms. The van der Waals surface area contributed by atoms with E-state index < -0.39 is 11.6 Å². The van der Waals surface area contributed by atoms with Crippen LogP contribution in [0.2, 0.25) is 0 Å². The van der Waals surface area contributed by atoms with Gasteiger partial charge in [0.05, 0.1) is 18.4 Å². The van der Waals surface area contributed by atoms with Gasteiger partial charge in [0.15, 0.2) is 0 Å². The summed E-state index contributed by atoms with van der Waals surface area (Å²) in [4.78, 5) is 20.4. The fraction of sp³-hybridized carbons (Fsp3) is 0.538. The molecule has 2 aromatic rings. The molecule has 2 aliphatic heterocycles. The van der Waals surface area contributed by atoms with Gasteiger partial charge in [0, 0.05) is 38.1 Å². The van der Waals surface area contributed by atoms with E-state index in [-0.39, 0.29) is 30.3 Å². The number of rotatable bonds is 6. The maximum atomic E-state index is 14.3. The lowest BCUT2D eigenvalue weighted by atomic mass is 9.92. The van der Waals surface area contributed by atoms with E-state index in [1.54, 1.807) is 11.1 Å². The molecular formula is C26H34F2N4O3. The van der Waals surface area contributed by atoms with Crippen LogP contribution in [0.4, 0.5) is 19.4 Å². The second kappa shape index (κ2) is 10.8. The second-order valence-corrected chi connectivity index (χ2v) is 9.77. The molecule has 2 saturated heterocycles. The van der Waals surface area contributed by atoms with Crippen LogP contribution >= 0.6 is 0 Å². The van der Waals surface area contributed by atoms with Crippen molar-refractivity contribution < 1.29 is 23.0 Å². The van der Waals surface area contributed by atoms with E-state index in [2.05, 4.69) is 4.98 Å². The Morgan fingerprint density at radius 1 is 1.11 bits per heavy atom. The van der Waals surface area contributed by atoms with Gasteiger partial charge in [0.25, 0.3) is 0 Å². The molecule has 1 aromatic carbocycles. The van der Waals surface area contributed by atoms with Gasteiger partial charge in [-0.1, -0.05) is 0 Å². The van der Waals surface area contributed by atoms with Crippen molar-refractivity contribution in [1.82, 2.24) is 9.88 Å². The minimum absolute atomic E-state index is 0.0218. The SMILES string of the molecule is CC(C)OC(=O)N1CCC([C@@H](C)Oc2ccc(N3C[C@H](c4cc(F)ccc4F)[C@@H](N)C3)nc2)CC1. The average molecular weight is 489 g/mol. The van der Waals surface area contributed by atoms with Gasteiger partial charge in [0.2, 0.25) is 0 Å². The Morgan fingerprint density at radius 3 is 2.51 bits per heavy atom. The number of benzene rings is 1. The van der Waals surface area contributed by atoms with Gasteiger partial charge in [-0.3, -0.25) is 0 Å². The third kappa shape index (κ3) is 6.01. The minimum Gasteiger partial charge on any atom is -0.489 e. The third-order valence-electron chi connectivity index (χ3n) is 6.89. The molecule has 2 aliphatic rings. The van der Waals surface area contributed by atoms with Crippen molar-refractivity contribution in [1.29, 1.82) is 0 Å². The van der Waals surface area contributed by atoms with Crippen molar-refractivity contribution in [3.63, 3.8) is 0 Å². The molecule has 35 heavy (non-hydrogen) atoms. The number of hydrogen-bond donors (Lipinski definition) is 1. The Morgan fingerprint density at radius 2 is 1.86 bits per heavy atom. The predicted octanol–water partition coefficient (Wildman–Crippen LogP) is 4.32. The molecule has 1 amide bonds. The Hall–Kier alpha value is -2.94. The highest BCUT2D eigenvalue weighted by Crippen LogP contribution is 2.32. The molecule has 0 unspecified atom stereocenters. The van der Waals surface area contributed by atoms with Gasteiger partial charge in [-0.05, 0) is 75.4 Å². The molecule has 1 aromatic heterocycles. The van der Waals surface area contributed by atoms with E-state index in [1.807, 2.05) is 37.8 Å². The van der Waals surface area contributed by atoms with E-state index >= 15 is 0 Å². The second-order valence-electron chi connectivity index (χ2n) is 9.77. The van der Waals surface area contributed by atoms with Gasteiger partial charge < -0.3 is 25.0 Å². The summed E-state index contributed by atoms with van der Waals surface area (Å²) in [7, 11) is 0. The highest BCUT2D eigenvalue weighted by Gasteiger charge is 2.34. The fourth-order valence-corrected chi connectivity index (χ4v) is 4.91. The molecule has 3 atom stereocenters. The molecule has 0 saturated carbocycles. The molecule has 7 nitrogen and oxygen atoms in total. The van der Waals surface area contributed by atoms with Crippen LogP contribution in [0, 0.1) is 17.6 Å². The number of carbonyl (C=O) groups is 1. The normalized spacial score (nSPS) is 21.9. The number of carbonyl (C=O) groups excluding carboxylic acids is 1. The zero-order valence-electron chi connectivity index (χ0n) is 20.5. The Balaban J connectivity index is 1.31. The van der Waals surface area contributed by atoms with Gasteiger partial charge in [0.1, 0.15) is 23.2 Å². The quantitative estimate of drug-likeness (QED) is 0.653. The lowest BCUT2D eigenvalue weighted by molar-refractivity contribution is 0.0494. The summed E-state index contributed by atoms with van der Waals surface area (Å²) in [5, 5.41) is 0. The summed E-state index contributed by atoms with van der Waals surface area (Å²) in [6, 6.07) is 6.90. The third-order valence-corrected chi connectivity index (χ3v) is 6.89. The van der Waals surface area contributed by atoms with E-state index in [9.17, 15) is 13.6 Å². The number of ether oxygens (including phenoxy) is 2. The van der Waals surface area contributed by atoms with Crippen LogP contribution in [0.3, 0.4) is 0 Å². The van der Waals surface area contributed by atoms with Crippen LogP contribution in [0.25, 0.3) is 0 Å². The highest BCUT2D eigenvalue weighted by atomic mass is 19.1. The molecule has 2 fully saturated rings. The largest absolute Gasteiger partial charge is 0.489 e. The maximum absolute atomic E-state index is 14.3. The van der Waals surface area contributed by atoms with Crippen LogP contribution < -0.4 is 15.4 Å². The number of aromatic nitrogens is 1. The number of hydrogen-bond acceptors (Lipinski definition) is 6. The van der Waals surface area contributed by atoms with Gasteiger partial charge in [-0.15, -0.1) is 0 Å². The Kier molecular flexibility index (Phi) is 7.74. The molecule has 0 spiro atoms. The fourth-order valence-electron chi connectivity index (χ4n) is 4.91. The molecule has 9 heteroatoms. The molecule has 4 rings (SSSR count). The van der Waals surface area contributed by atoms with Gasteiger partial charge >= 0.3 is 6.09 Å². The summed E-state index contributed by atoms with van der Waals surface area (Å²) in [5.41, 5.74) is 6.58. The lowest BCUT2D eigenvalue weighted by Crippen LogP contribution is -2.42. The minimum atomic E-state index is -0.470. The van der Waals surface area contributed by atoms with Crippen LogP contribution in [-0.4, -0.2) is 60.4 Å². The molecule has 0 radical (unpaired) electrons. The van der Waals surface area contributed by atoms with Crippen molar-refractivity contribution in [2.24, 2.45) is 11.7 Å². The number of halogens is 2. The molecule has 2 N–H and O–H groups in total. The smallest absolute Gasteiger partial charge is 0.410 e. The average Bonchev–Trinajstić information content (AvgIpc) is 3.22. The molecule has 3 heterocycles. The van der Waals surface area contributed by atoms with E-state index in [4.69, 9.17) is 15.2 Å². The maximum Gasteiger partial charge on any atom is 0.410 e.